The molecule has 1 saturated carbocycles. The molecule has 3 heteroatoms. The molecule has 14 heavy (non-hydrogen) atoms. The average Bonchev–Trinajstić information content (AvgIpc) is 2.87. The molecular formula is C11H14N2O. The van der Waals surface area contributed by atoms with Crippen LogP contribution in [0.15, 0.2) is 18.3 Å². The van der Waals surface area contributed by atoms with Gasteiger partial charge in [0.05, 0.1) is 11.9 Å². The van der Waals surface area contributed by atoms with Crippen molar-refractivity contribution in [1.82, 2.24) is 4.98 Å². The van der Waals surface area contributed by atoms with E-state index in [2.05, 4.69) is 17.2 Å². The van der Waals surface area contributed by atoms with Gasteiger partial charge in [-0.3, -0.25) is 9.78 Å². The van der Waals surface area contributed by atoms with Crippen molar-refractivity contribution >= 4 is 11.6 Å². The maximum absolute atomic E-state index is 11.5. The monoisotopic (exact) mass is 190 g/mol. The zero-order chi connectivity index (χ0) is 10.1. The molecule has 0 radical (unpaired) electrons. The number of amides is 1. The average molecular weight is 190 g/mol. The Morgan fingerprint density at radius 3 is 2.79 bits per heavy atom. The molecule has 1 heterocycles. The number of nitrogens with zero attached hydrogens (tertiary/aromatic N) is 1. The highest BCUT2D eigenvalue weighted by Crippen LogP contribution is 2.38. The summed E-state index contributed by atoms with van der Waals surface area (Å²) in [5.74, 6) is 0.896. The Bertz CT molecular complexity index is 345. The molecule has 2 unspecified atom stereocenters. The molecular weight excluding hydrogens is 176 g/mol. The molecule has 1 N–H and O–H groups in total. The van der Waals surface area contributed by atoms with Gasteiger partial charge >= 0.3 is 0 Å². The Kier molecular flexibility index (Phi) is 2.23. The fraction of sp³-hybridized carbons (Fsp3) is 0.455. The topological polar surface area (TPSA) is 42.0 Å². The van der Waals surface area contributed by atoms with Crippen LogP contribution in [0.5, 0.6) is 0 Å². The smallest absolute Gasteiger partial charge is 0.227 e. The van der Waals surface area contributed by atoms with Gasteiger partial charge in [-0.15, -0.1) is 0 Å². The second kappa shape index (κ2) is 3.40. The van der Waals surface area contributed by atoms with Crippen LogP contribution in [0, 0.1) is 18.8 Å². The van der Waals surface area contributed by atoms with Crippen molar-refractivity contribution in [3.63, 3.8) is 0 Å². The molecule has 0 aromatic carbocycles. The molecule has 1 aliphatic carbocycles. The van der Waals surface area contributed by atoms with Gasteiger partial charge in [0.15, 0.2) is 0 Å². The van der Waals surface area contributed by atoms with Crippen molar-refractivity contribution in [2.75, 3.05) is 5.32 Å². The van der Waals surface area contributed by atoms with Crippen molar-refractivity contribution in [3.8, 4) is 0 Å². The predicted octanol–water partition coefficient (Wildman–Crippen LogP) is 1.98. The first-order chi connectivity index (χ1) is 6.66. The SMILES string of the molecule is Cc1ccc(NC(=O)C2CC2C)cn1. The highest BCUT2D eigenvalue weighted by atomic mass is 16.2. The summed E-state index contributed by atoms with van der Waals surface area (Å²) in [6.07, 6.45) is 2.71. The largest absolute Gasteiger partial charge is 0.324 e. The minimum atomic E-state index is 0.128. The molecule has 3 nitrogen and oxygen atoms in total. The van der Waals surface area contributed by atoms with E-state index in [1.165, 1.54) is 0 Å². The molecule has 0 spiro atoms. The lowest BCUT2D eigenvalue weighted by Crippen LogP contribution is -2.14. The lowest BCUT2D eigenvalue weighted by atomic mass is 10.3. The van der Waals surface area contributed by atoms with Gasteiger partial charge in [-0.1, -0.05) is 6.92 Å². The normalized spacial score (nSPS) is 24.4. The van der Waals surface area contributed by atoms with Crippen molar-refractivity contribution in [3.05, 3.63) is 24.0 Å². The van der Waals surface area contributed by atoms with Crippen LogP contribution < -0.4 is 5.32 Å². The summed E-state index contributed by atoms with van der Waals surface area (Å²) in [5.41, 5.74) is 1.75. The Labute approximate surface area is 83.5 Å². The zero-order valence-electron chi connectivity index (χ0n) is 8.45. The Balaban J connectivity index is 1.97. The Hall–Kier alpha value is -1.38. The fourth-order valence-electron chi connectivity index (χ4n) is 1.46. The minimum Gasteiger partial charge on any atom is -0.324 e. The zero-order valence-corrected chi connectivity index (χ0v) is 8.45. The van der Waals surface area contributed by atoms with Gasteiger partial charge in [-0.05, 0) is 31.4 Å². The van der Waals surface area contributed by atoms with Crippen LogP contribution in [0.25, 0.3) is 0 Å². The van der Waals surface area contributed by atoms with Crippen molar-refractivity contribution < 1.29 is 4.79 Å². The molecule has 1 amide bonds. The summed E-state index contributed by atoms with van der Waals surface area (Å²) in [4.78, 5) is 15.6. The molecule has 0 bridgehead atoms. The van der Waals surface area contributed by atoms with Crippen LogP contribution in [0.3, 0.4) is 0 Å². The minimum absolute atomic E-state index is 0.128. The van der Waals surface area contributed by atoms with Gasteiger partial charge in [0.1, 0.15) is 0 Å². The van der Waals surface area contributed by atoms with E-state index in [4.69, 9.17) is 0 Å². The highest BCUT2D eigenvalue weighted by molar-refractivity contribution is 5.94. The number of hydrogen-bond donors (Lipinski definition) is 1. The second-order valence-electron chi connectivity index (χ2n) is 4.00. The molecule has 0 aliphatic heterocycles. The second-order valence-corrected chi connectivity index (χ2v) is 4.00. The van der Waals surface area contributed by atoms with E-state index in [1.54, 1.807) is 6.20 Å². The number of carbonyl (C=O) groups excluding carboxylic acids is 1. The third-order valence-corrected chi connectivity index (χ3v) is 2.63. The van der Waals surface area contributed by atoms with Crippen molar-refractivity contribution in [1.29, 1.82) is 0 Å². The number of aryl methyl sites for hydroxylation is 1. The quantitative estimate of drug-likeness (QED) is 0.774. The van der Waals surface area contributed by atoms with Gasteiger partial charge < -0.3 is 5.32 Å². The van der Waals surface area contributed by atoms with E-state index in [0.29, 0.717) is 5.92 Å². The van der Waals surface area contributed by atoms with Gasteiger partial charge in [0.25, 0.3) is 0 Å². The molecule has 1 aliphatic rings. The molecule has 1 aromatic rings. The van der Waals surface area contributed by atoms with E-state index in [-0.39, 0.29) is 11.8 Å². The number of nitrogens with one attached hydrogen (secondary N) is 1. The van der Waals surface area contributed by atoms with Gasteiger partial charge in [-0.25, -0.2) is 0 Å². The summed E-state index contributed by atoms with van der Waals surface area (Å²) in [6.45, 7) is 4.02. The molecule has 1 aromatic heterocycles. The number of hydrogen-bond acceptors (Lipinski definition) is 2. The summed E-state index contributed by atoms with van der Waals surface area (Å²) in [5, 5.41) is 2.86. The number of carbonyl (C=O) groups is 1. The molecule has 2 atom stereocenters. The van der Waals surface area contributed by atoms with Crippen molar-refractivity contribution in [2.45, 2.75) is 20.3 Å². The molecule has 0 saturated heterocycles. The van der Waals surface area contributed by atoms with Crippen LogP contribution in [-0.4, -0.2) is 10.9 Å². The maximum Gasteiger partial charge on any atom is 0.227 e. The summed E-state index contributed by atoms with van der Waals surface area (Å²) in [6, 6.07) is 3.78. The van der Waals surface area contributed by atoms with Crippen LogP contribution in [-0.2, 0) is 4.79 Å². The predicted molar refractivity (Wildman–Crippen MR) is 54.9 cm³/mol. The standard InChI is InChI=1S/C11H14N2O/c1-7-5-10(7)11(14)13-9-4-3-8(2)12-6-9/h3-4,6-7,10H,5H2,1-2H3,(H,13,14). The maximum atomic E-state index is 11.5. The number of pyridine rings is 1. The molecule has 1 fully saturated rings. The van der Waals surface area contributed by atoms with Gasteiger partial charge in [0.2, 0.25) is 5.91 Å². The first-order valence-electron chi connectivity index (χ1n) is 4.90. The lowest BCUT2D eigenvalue weighted by Gasteiger charge is -2.03. The Morgan fingerprint density at radius 2 is 2.29 bits per heavy atom. The first-order valence-corrected chi connectivity index (χ1v) is 4.90. The molecule has 74 valence electrons. The number of rotatable bonds is 2. The third kappa shape index (κ3) is 1.92. The van der Waals surface area contributed by atoms with Gasteiger partial charge in [-0.2, -0.15) is 0 Å². The first kappa shape index (κ1) is 9.19. The van der Waals surface area contributed by atoms with E-state index in [9.17, 15) is 4.79 Å². The summed E-state index contributed by atoms with van der Waals surface area (Å²) in [7, 11) is 0. The fourth-order valence-corrected chi connectivity index (χ4v) is 1.46. The van der Waals surface area contributed by atoms with E-state index >= 15 is 0 Å². The number of anilines is 1. The third-order valence-electron chi connectivity index (χ3n) is 2.63. The van der Waals surface area contributed by atoms with E-state index in [1.807, 2.05) is 19.1 Å². The van der Waals surface area contributed by atoms with Gasteiger partial charge in [0, 0.05) is 11.6 Å². The van der Waals surface area contributed by atoms with E-state index < -0.39 is 0 Å². The highest BCUT2D eigenvalue weighted by Gasteiger charge is 2.38. The van der Waals surface area contributed by atoms with Crippen LogP contribution in [0.2, 0.25) is 0 Å². The van der Waals surface area contributed by atoms with E-state index in [0.717, 1.165) is 17.8 Å². The lowest BCUT2D eigenvalue weighted by molar-refractivity contribution is -0.117. The summed E-state index contributed by atoms with van der Waals surface area (Å²) >= 11 is 0. The van der Waals surface area contributed by atoms with Crippen LogP contribution in [0.4, 0.5) is 5.69 Å². The van der Waals surface area contributed by atoms with Crippen LogP contribution in [0.1, 0.15) is 19.0 Å². The number of aromatic nitrogens is 1. The Morgan fingerprint density at radius 1 is 1.57 bits per heavy atom. The van der Waals surface area contributed by atoms with Crippen LogP contribution >= 0.6 is 0 Å². The van der Waals surface area contributed by atoms with Crippen molar-refractivity contribution in [2.24, 2.45) is 11.8 Å². The summed E-state index contributed by atoms with van der Waals surface area (Å²) < 4.78 is 0. The molecule has 2 rings (SSSR count).